The molecule has 0 bridgehead atoms. The molecule has 1 aromatic heterocycles. The van der Waals surface area contributed by atoms with Crippen molar-refractivity contribution in [1.29, 1.82) is 0 Å². The number of hydrogen-bond acceptors (Lipinski definition) is 2. The van der Waals surface area contributed by atoms with Gasteiger partial charge in [-0.2, -0.15) is 0 Å². The molecule has 3 heteroatoms. The van der Waals surface area contributed by atoms with E-state index in [4.69, 9.17) is 0 Å². The van der Waals surface area contributed by atoms with Crippen molar-refractivity contribution in [3.05, 3.63) is 23.0 Å². The SMILES string of the molecule is CCCN(CC(=O)c1cc(C)n(C)c1C)C1CC1. The molecule has 18 heavy (non-hydrogen) atoms. The lowest BCUT2D eigenvalue weighted by molar-refractivity contribution is 0.0924. The van der Waals surface area contributed by atoms with Crippen LogP contribution >= 0.6 is 0 Å². The molecule has 0 N–H and O–H groups in total. The van der Waals surface area contributed by atoms with Gasteiger partial charge in [-0.15, -0.1) is 0 Å². The largest absolute Gasteiger partial charge is 0.351 e. The normalized spacial score (nSPS) is 15.4. The van der Waals surface area contributed by atoms with Crippen LogP contribution in [0.3, 0.4) is 0 Å². The minimum atomic E-state index is 0.275. The summed E-state index contributed by atoms with van der Waals surface area (Å²) in [5.41, 5.74) is 3.14. The number of carbonyl (C=O) groups is 1. The molecule has 2 rings (SSSR count). The smallest absolute Gasteiger partial charge is 0.178 e. The summed E-state index contributed by atoms with van der Waals surface area (Å²) in [6.45, 7) is 7.89. The Balaban J connectivity index is 2.08. The molecule has 1 aromatic rings. The van der Waals surface area contributed by atoms with E-state index >= 15 is 0 Å². The first-order valence-electron chi connectivity index (χ1n) is 6.94. The van der Waals surface area contributed by atoms with E-state index in [2.05, 4.69) is 23.3 Å². The fourth-order valence-electron chi connectivity index (χ4n) is 2.52. The van der Waals surface area contributed by atoms with Crippen molar-refractivity contribution in [1.82, 2.24) is 9.47 Å². The molecular formula is C15H24N2O. The second-order valence-electron chi connectivity index (χ2n) is 5.47. The molecule has 100 valence electrons. The van der Waals surface area contributed by atoms with E-state index < -0.39 is 0 Å². The van der Waals surface area contributed by atoms with Crippen molar-refractivity contribution in [2.24, 2.45) is 7.05 Å². The Morgan fingerprint density at radius 1 is 1.44 bits per heavy atom. The molecule has 0 aromatic carbocycles. The molecule has 0 spiro atoms. The van der Waals surface area contributed by atoms with Gasteiger partial charge in [0.25, 0.3) is 0 Å². The van der Waals surface area contributed by atoms with E-state index in [9.17, 15) is 4.79 Å². The molecule has 3 nitrogen and oxygen atoms in total. The van der Waals surface area contributed by atoms with E-state index in [0.717, 1.165) is 29.9 Å². The van der Waals surface area contributed by atoms with Crippen LogP contribution in [-0.2, 0) is 7.05 Å². The summed E-state index contributed by atoms with van der Waals surface area (Å²) >= 11 is 0. The molecule has 0 unspecified atom stereocenters. The highest BCUT2D eigenvalue weighted by atomic mass is 16.1. The van der Waals surface area contributed by atoms with Gasteiger partial charge in [0.1, 0.15) is 0 Å². The Labute approximate surface area is 110 Å². The van der Waals surface area contributed by atoms with Gasteiger partial charge in [0.2, 0.25) is 0 Å². The van der Waals surface area contributed by atoms with Crippen LogP contribution in [0, 0.1) is 13.8 Å². The summed E-state index contributed by atoms with van der Waals surface area (Å²) in [6.07, 6.45) is 3.65. The summed E-state index contributed by atoms with van der Waals surface area (Å²) in [5.74, 6) is 0.275. The van der Waals surface area contributed by atoms with Gasteiger partial charge in [-0.1, -0.05) is 6.92 Å². The quantitative estimate of drug-likeness (QED) is 0.723. The lowest BCUT2D eigenvalue weighted by atomic mass is 10.1. The molecule has 0 aliphatic heterocycles. The first-order chi connectivity index (χ1) is 8.54. The summed E-state index contributed by atoms with van der Waals surface area (Å²) < 4.78 is 2.09. The molecule has 0 saturated heterocycles. The zero-order chi connectivity index (χ0) is 13.3. The fourth-order valence-corrected chi connectivity index (χ4v) is 2.52. The Hall–Kier alpha value is -1.09. The average molecular weight is 248 g/mol. The predicted octanol–water partition coefficient (Wildman–Crippen LogP) is 2.70. The summed E-state index contributed by atoms with van der Waals surface area (Å²) in [5, 5.41) is 0. The highest BCUT2D eigenvalue weighted by Gasteiger charge is 2.30. The number of ketones is 1. The minimum Gasteiger partial charge on any atom is -0.351 e. The van der Waals surface area contributed by atoms with Gasteiger partial charge in [-0.05, 0) is 45.7 Å². The lowest BCUT2D eigenvalue weighted by Crippen LogP contribution is -2.32. The van der Waals surface area contributed by atoms with Crippen LogP contribution in [0.5, 0.6) is 0 Å². The molecule has 1 aliphatic carbocycles. The number of hydrogen-bond donors (Lipinski definition) is 0. The van der Waals surface area contributed by atoms with Gasteiger partial charge in [-0.25, -0.2) is 0 Å². The monoisotopic (exact) mass is 248 g/mol. The summed E-state index contributed by atoms with van der Waals surface area (Å²) in [7, 11) is 2.02. The predicted molar refractivity (Wildman–Crippen MR) is 74.1 cm³/mol. The van der Waals surface area contributed by atoms with Crippen LogP contribution in [0.15, 0.2) is 6.07 Å². The van der Waals surface area contributed by atoms with Gasteiger partial charge < -0.3 is 4.57 Å². The van der Waals surface area contributed by atoms with Crippen LogP contribution in [0.1, 0.15) is 47.9 Å². The summed E-state index contributed by atoms with van der Waals surface area (Å²) in [6, 6.07) is 2.69. The van der Waals surface area contributed by atoms with Crippen molar-refractivity contribution >= 4 is 5.78 Å². The highest BCUT2D eigenvalue weighted by molar-refractivity contribution is 5.99. The Kier molecular flexibility index (Phi) is 3.91. The lowest BCUT2D eigenvalue weighted by Gasteiger charge is -2.20. The topological polar surface area (TPSA) is 25.2 Å². The van der Waals surface area contributed by atoms with Crippen molar-refractivity contribution in [2.75, 3.05) is 13.1 Å². The molecular weight excluding hydrogens is 224 g/mol. The third-order valence-corrected chi connectivity index (χ3v) is 4.00. The van der Waals surface area contributed by atoms with Crippen LogP contribution in [-0.4, -0.2) is 34.4 Å². The van der Waals surface area contributed by atoms with Crippen molar-refractivity contribution in [3.63, 3.8) is 0 Å². The number of carbonyl (C=O) groups excluding carboxylic acids is 1. The van der Waals surface area contributed by atoms with Gasteiger partial charge >= 0.3 is 0 Å². The molecule has 1 aliphatic rings. The first-order valence-corrected chi connectivity index (χ1v) is 6.94. The minimum absolute atomic E-state index is 0.275. The molecule has 1 fully saturated rings. The zero-order valence-electron chi connectivity index (χ0n) is 12.0. The van der Waals surface area contributed by atoms with Gasteiger partial charge in [0, 0.05) is 30.0 Å². The Morgan fingerprint density at radius 3 is 2.56 bits per heavy atom. The number of aromatic nitrogens is 1. The maximum absolute atomic E-state index is 12.4. The van der Waals surface area contributed by atoms with Crippen molar-refractivity contribution in [3.8, 4) is 0 Å². The standard InChI is InChI=1S/C15H24N2O/c1-5-8-17(13-6-7-13)10-15(18)14-9-11(2)16(4)12(14)3/h9,13H,5-8,10H2,1-4H3. The van der Waals surface area contributed by atoms with Gasteiger partial charge in [0.05, 0.1) is 6.54 Å². The third-order valence-electron chi connectivity index (χ3n) is 4.00. The van der Waals surface area contributed by atoms with Crippen molar-refractivity contribution < 1.29 is 4.79 Å². The molecule has 1 heterocycles. The molecule has 0 amide bonds. The van der Waals surface area contributed by atoms with Crippen LogP contribution in [0.25, 0.3) is 0 Å². The maximum atomic E-state index is 12.4. The Bertz CT molecular complexity index is 444. The van der Waals surface area contributed by atoms with Crippen LogP contribution < -0.4 is 0 Å². The first kappa shape index (κ1) is 13.3. The molecule has 1 saturated carbocycles. The highest BCUT2D eigenvalue weighted by Crippen LogP contribution is 2.27. The van der Waals surface area contributed by atoms with E-state index in [-0.39, 0.29) is 5.78 Å². The number of rotatable bonds is 6. The number of aryl methyl sites for hydroxylation is 1. The third kappa shape index (κ3) is 2.66. The number of nitrogens with zero attached hydrogens (tertiary/aromatic N) is 2. The van der Waals surface area contributed by atoms with Gasteiger partial charge in [-0.3, -0.25) is 9.69 Å². The fraction of sp³-hybridized carbons (Fsp3) is 0.667. The van der Waals surface area contributed by atoms with Crippen LogP contribution in [0.4, 0.5) is 0 Å². The van der Waals surface area contributed by atoms with Crippen molar-refractivity contribution in [2.45, 2.75) is 46.1 Å². The number of Topliss-reactive ketones (excluding diaryl/α,β-unsaturated/α-hetero) is 1. The molecule has 0 radical (unpaired) electrons. The maximum Gasteiger partial charge on any atom is 0.178 e. The summed E-state index contributed by atoms with van der Waals surface area (Å²) in [4.78, 5) is 14.7. The second kappa shape index (κ2) is 5.27. The van der Waals surface area contributed by atoms with Gasteiger partial charge in [0.15, 0.2) is 5.78 Å². The molecule has 0 atom stereocenters. The second-order valence-corrected chi connectivity index (χ2v) is 5.47. The van der Waals surface area contributed by atoms with Crippen LogP contribution in [0.2, 0.25) is 0 Å². The Morgan fingerprint density at radius 2 is 2.11 bits per heavy atom. The van der Waals surface area contributed by atoms with E-state index in [1.165, 1.54) is 12.8 Å². The van der Waals surface area contributed by atoms with E-state index in [1.807, 2.05) is 20.0 Å². The average Bonchev–Trinajstić information content (AvgIpc) is 3.13. The van der Waals surface area contributed by atoms with E-state index in [0.29, 0.717) is 12.6 Å². The zero-order valence-corrected chi connectivity index (χ0v) is 12.0. The van der Waals surface area contributed by atoms with E-state index in [1.54, 1.807) is 0 Å².